The van der Waals surface area contributed by atoms with E-state index in [9.17, 15) is 9.90 Å². The lowest BCUT2D eigenvalue weighted by molar-refractivity contribution is -0.153. The molecule has 2 atom stereocenters. The summed E-state index contributed by atoms with van der Waals surface area (Å²) in [6.07, 6.45) is 1.88. The molecule has 0 bridgehead atoms. The van der Waals surface area contributed by atoms with Gasteiger partial charge in [-0.1, -0.05) is 13.8 Å². The number of aliphatic hydroxyl groups excluding tert-OH is 1. The first-order valence-corrected chi connectivity index (χ1v) is 4.73. The standard InChI is InChI=1S/C10H18O3/c1-10(2)5-4-7(11)6-8(10)9(12)13-3/h7-8,11H,4-6H2,1-3H3/t7?,8-/m1/s1. The van der Waals surface area contributed by atoms with Crippen molar-refractivity contribution in [2.45, 2.75) is 39.2 Å². The van der Waals surface area contributed by atoms with Crippen LogP contribution in [0.4, 0.5) is 0 Å². The van der Waals surface area contributed by atoms with Gasteiger partial charge >= 0.3 is 5.97 Å². The molecule has 0 spiro atoms. The van der Waals surface area contributed by atoms with E-state index in [2.05, 4.69) is 13.8 Å². The maximum atomic E-state index is 11.4. The normalized spacial score (nSPS) is 32.6. The first-order chi connectivity index (χ1) is 5.97. The summed E-state index contributed by atoms with van der Waals surface area (Å²) >= 11 is 0. The Morgan fingerprint density at radius 3 is 2.69 bits per heavy atom. The quantitative estimate of drug-likeness (QED) is 0.629. The minimum absolute atomic E-state index is 0.0354. The summed E-state index contributed by atoms with van der Waals surface area (Å²) < 4.78 is 4.72. The maximum Gasteiger partial charge on any atom is 0.309 e. The van der Waals surface area contributed by atoms with Gasteiger partial charge in [-0.2, -0.15) is 0 Å². The topological polar surface area (TPSA) is 46.5 Å². The highest BCUT2D eigenvalue weighted by molar-refractivity contribution is 5.73. The second-order valence-electron chi connectivity index (χ2n) is 4.49. The Bertz CT molecular complexity index is 198. The van der Waals surface area contributed by atoms with Crippen LogP contribution in [0.5, 0.6) is 0 Å². The van der Waals surface area contributed by atoms with Crippen molar-refractivity contribution >= 4 is 5.97 Å². The van der Waals surface area contributed by atoms with E-state index in [-0.39, 0.29) is 23.4 Å². The van der Waals surface area contributed by atoms with Crippen LogP contribution >= 0.6 is 0 Å². The molecule has 0 amide bonds. The smallest absolute Gasteiger partial charge is 0.309 e. The highest BCUT2D eigenvalue weighted by atomic mass is 16.5. The molecule has 0 aromatic rings. The van der Waals surface area contributed by atoms with Crippen LogP contribution in [0.1, 0.15) is 33.1 Å². The molecule has 13 heavy (non-hydrogen) atoms. The molecular weight excluding hydrogens is 168 g/mol. The molecule has 0 saturated heterocycles. The molecule has 0 aromatic carbocycles. The Labute approximate surface area is 79.1 Å². The van der Waals surface area contributed by atoms with Gasteiger partial charge < -0.3 is 9.84 Å². The summed E-state index contributed by atoms with van der Waals surface area (Å²) in [4.78, 5) is 11.4. The summed E-state index contributed by atoms with van der Waals surface area (Å²) in [5, 5.41) is 9.45. The first-order valence-electron chi connectivity index (χ1n) is 4.73. The largest absolute Gasteiger partial charge is 0.469 e. The molecule has 1 aliphatic carbocycles. The van der Waals surface area contributed by atoms with Crippen molar-refractivity contribution in [1.82, 2.24) is 0 Å². The van der Waals surface area contributed by atoms with E-state index in [1.807, 2.05) is 0 Å². The van der Waals surface area contributed by atoms with Crippen molar-refractivity contribution in [2.24, 2.45) is 11.3 Å². The molecule has 1 N–H and O–H groups in total. The molecule has 76 valence electrons. The molecule has 0 aromatic heterocycles. The van der Waals surface area contributed by atoms with E-state index in [0.29, 0.717) is 6.42 Å². The Morgan fingerprint density at radius 1 is 1.54 bits per heavy atom. The van der Waals surface area contributed by atoms with Crippen LogP contribution < -0.4 is 0 Å². The average molecular weight is 186 g/mol. The SMILES string of the molecule is COC(=O)[C@H]1CC(O)CCC1(C)C. The molecule has 0 aliphatic heterocycles. The minimum Gasteiger partial charge on any atom is -0.469 e. The molecule has 0 radical (unpaired) electrons. The van der Waals surface area contributed by atoms with Gasteiger partial charge in [0.2, 0.25) is 0 Å². The molecule has 1 unspecified atom stereocenters. The summed E-state index contributed by atoms with van der Waals surface area (Å²) in [7, 11) is 1.40. The zero-order chi connectivity index (χ0) is 10.1. The van der Waals surface area contributed by atoms with Crippen molar-refractivity contribution in [3.8, 4) is 0 Å². The van der Waals surface area contributed by atoms with Crippen LogP contribution in [0.25, 0.3) is 0 Å². The molecule has 3 nitrogen and oxygen atoms in total. The molecular formula is C10H18O3. The van der Waals surface area contributed by atoms with Gasteiger partial charge in [0, 0.05) is 0 Å². The van der Waals surface area contributed by atoms with E-state index in [1.165, 1.54) is 7.11 Å². The summed E-state index contributed by atoms with van der Waals surface area (Å²) in [5.41, 5.74) is -0.0354. The van der Waals surface area contributed by atoms with Gasteiger partial charge in [0.1, 0.15) is 0 Å². The molecule has 1 saturated carbocycles. The summed E-state index contributed by atoms with van der Waals surface area (Å²) in [5.74, 6) is -0.343. The van der Waals surface area contributed by atoms with E-state index in [4.69, 9.17) is 4.74 Å². The van der Waals surface area contributed by atoms with Crippen LogP contribution in [-0.4, -0.2) is 24.3 Å². The molecule has 3 heteroatoms. The van der Waals surface area contributed by atoms with Crippen molar-refractivity contribution in [1.29, 1.82) is 0 Å². The molecule has 1 fully saturated rings. The molecule has 1 rings (SSSR count). The van der Waals surface area contributed by atoms with Gasteiger partial charge in [0.15, 0.2) is 0 Å². The monoisotopic (exact) mass is 186 g/mol. The molecule has 1 aliphatic rings. The summed E-state index contributed by atoms with van der Waals surface area (Å²) in [6.45, 7) is 4.11. The zero-order valence-corrected chi connectivity index (χ0v) is 8.54. The van der Waals surface area contributed by atoms with Crippen LogP contribution in [0, 0.1) is 11.3 Å². The maximum absolute atomic E-state index is 11.4. The van der Waals surface area contributed by atoms with Crippen molar-refractivity contribution in [3.05, 3.63) is 0 Å². The van der Waals surface area contributed by atoms with Gasteiger partial charge in [0.05, 0.1) is 19.1 Å². The Kier molecular flexibility index (Phi) is 2.96. The molecule has 0 heterocycles. The number of carbonyl (C=O) groups is 1. The lowest BCUT2D eigenvalue weighted by Gasteiger charge is -2.38. The number of esters is 1. The first kappa shape index (κ1) is 10.5. The Hall–Kier alpha value is -0.570. The van der Waals surface area contributed by atoms with E-state index < -0.39 is 0 Å². The average Bonchev–Trinajstić information content (AvgIpc) is 2.08. The van der Waals surface area contributed by atoms with Gasteiger partial charge in [-0.25, -0.2) is 0 Å². The number of ether oxygens (including phenoxy) is 1. The number of hydrogen-bond donors (Lipinski definition) is 1. The number of hydrogen-bond acceptors (Lipinski definition) is 3. The lowest BCUT2D eigenvalue weighted by atomic mass is 9.68. The van der Waals surface area contributed by atoms with Crippen LogP contribution in [-0.2, 0) is 9.53 Å². The fourth-order valence-electron chi connectivity index (χ4n) is 1.98. The fraction of sp³-hybridized carbons (Fsp3) is 0.900. The van der Waals surface area contributed by atoms with Crippen molar-refractivity contribution in [2.75, 3.05) is 7.11 Å². The second kappa shape index (κ2) is 3.66. The predicted octanol–water partition coefficient (Wildman–Crippen LogP) is 1.35. The lowest BCUT2D eigenvalue weighted by Crippen LogP contribution is -2.39. The van der Waals surface area contributed by atoms with E-state index >= 15 is 0 Å². The van der Waals surface area contributed by atoms with Gasteiger partial charge in [-0.3, -0.25) is 4.79 Å². The third-order valence-corrected chi connectivity index (χ3v) is 3.06. The highest BCUT2D eigenvalue weighted by Crippen LogP contribution is 2.41. The number of carbonyl (C=O) groups excluding carboxylic acids is 1. The Morgan fingerprint density at radius 2 is 2.15 bits per heavy atom. The predicted molar refractivity (Wildman–Crippen MR) is 49.1 cm³/mol. The minimum atomic E-state index is -0.336. The summed E-state index contributed by atoms with van der Waals surface area (Å²) in [6, 6.07) is 0. The van der Waals surface area contributed by atoms with Crippen molar-refractivity contribution < 1.29 is 14.6 Å². The van der Waals surface area contributed by atoms with Gasteiger partial charge in [0.25, 0.3) is 0 Å². The number of methoxy groups -OCH3 is 1. The van der Waals surface area contributed by atoms with E-state index in [1.54, 1.807) is 0 Å². The van der Waals surface area contributed by atoms with Gasteiger partial charge in [-0.15, -0.1) is 0 Å². The van der Waals surface area contributed by atoms with Crippen LogP contribution in [0.2, 0.25) is 0 Å². The number of aliphatic hydroxyl groups is 1. The Balaban J connectivity index is 2.72. The third-order valence-electron chi connectivity index (χ3n) is 3.06. The van der Waals surface area contributed by atoms with E-state index in [0.717, 1.165) is 12.8 Å². The highest BCUT2D eigenvalue weighted by Gasteiger charge is 2.40. The van der Waals surface area contributed by atoms with Crippen LogP contribution in [0.15, 0.2) is 0 Å². The third kappa shape index (κ3) is 2.21. The van der Waals surface area contributed by atoms with Gasteiger partial charge in [-0.05, 0) is 24.7 Å². The number of rotatable bonds is 1. The fourth-order valence-corrected chi connectivity index (χ4v) is 1.98. The van der Waals surface area contributed by atoms with Crippen LogP contribution in [0.3, 0.4) is 0 Å². The zero-order valence-electron chi connectivity index (χ0n) is 8.54. The second-order valence-corrected chi connectivity index (χ2v) is 4.49. The van der Waals surface area contributed by atoms with Crippen molar-refractivity contribution in [3.63, 3.8) is 0 Å².